The summed E-state index contributed by atoms with van der Waals surface area (Å²) in [5.74, 6) is 0.922. The van der Waals surface area contributed by atoms with Gasteiger partial charge in [0.25, 0.3) is 0 Å². The van der Waals surface area contributed by atoms with E-state index in [1.807, 2.05) is 5.38 Å². The number of piperidine rings is 1. The molecule has 2 aromatic heterocycles. The number of anilines is 3. The van der Waals surface area contributed by atoms with Crippen LogP contribution < -0.4 is 20.4 Å². The molecule has 5 rings (SSSR count). The molecule has 1 atom stereocenters. The fourth-order valence-electron chi connectivity index (χ4n) is 4.19. The Kier molecular flexibility index (Phi) is 5.81. The largest absolute Gasteiger partial charge is 0.378 e. The molecular formula is C21H25N7O2S. The summed E-state index contributed by atoms with van der Waals surface area (Å²) in [6, 6.07) is 6.21. The van der Waals surface area contributed by atoms with Crippen LogP contribution in [0.3, 0.4) is 0 Å². The standard InChI is InChI=1S/C21H25N7O2S/c29-20(26-21-22-5-11-31-21)25-15-2-1-6-28(13-15)19-17-4-3-16(12-18(17)23-14-24-19)27-7-9-30-10-8-27/h3-5,11-12,14-15H,1-2,6-10,13H2,(H2,22,25,26,29). The first kappa shape index (κ1) is 20.0. The second kappa shape index (κ2) is 9.03. The van der Waals surface area contributed by atoms with Crippen molar-refractivity contribution in [1.29, 1.82) is 0 Å². The van der Waals surface area contributed by atoms with E-state index in [9.17, 15) is 4.79 Å². The SMILES string of the molecule is O=C(Nc1nccs1)NC1CCCN(c2ncnc3cc(N4CCOCC4)ccc23)C1. The van der Waals surface area contributed by atoms with Gasteiger partial charge < -0.3 is 19.9 Å². The van der Waals surface area contributed by atoms with Gasteiger partial charge in [0.2, 0.25) is 0 Å². The molecule has 162 valence electrons. The number of morpholine rings is 1. The quantitative estimate of drug-likeness (QED) is 0.645. The molecule has 31 heavy (non-hydrogen) atoms. The Labute approximate surface area is 184 Å². The normalized spacial score (nSPS) is 19.4. The molecule has 0 radical (unpaired) electrons. The third-order valence-corrected chi connectivity index (χ3v) is 6.37. The van der Waals surface area contributed by atoms with Crippen molar-refractivity contribution in [3.05, 3.63) is 36.1 Å². The van der Waals surface area contributed by atoms with Gasteiger partial charge >= 0.3 is 6.03 Å². The third kappa shape index (κ3) is 4.54. The summed E-state index contributed by atoms with van der Waals surface area (Å²) in [5, 5.41) is 9.33. The summed E-state index contributed by atoms with van der Waals surface area (Å²) in [6.45, 7) is 4.92. The van der Waals surface area contributed by atoms with Gasteiger partial charge in [0, 0.05) is 54.9 Å². The molecule has 2 aliphatic heterocycles. The highest BCUT2D eigenvalue weighted by Gasteiger charge is 2.24. The van der Waals surface area contributed by atoms with E-state index < -0.39 is 0 Å². The summed E-state index contributed by atoms with van der Waals surface area (Å²) in [5.41, 5.74) is 2.10. The van der Waals surface area contributed by atoms with Gasteiger partial charge in [0.05, 0.1) is 18.7 Å². The monoisotopic (exact) mass is 439 g/mol. The number of ether oxygens (including phenoxy) is 1. The van der Waals surface area contributed by atoms with Gasteiger partial charge in [-0.3, -0.25) is 5.32 Å². The third-order valence-electron chi connectivity index (χ3n) is 5.68. The van der Waals surface area contributed by atoms with E-state index in [1.54, 1.807) is 12.5 Å². The number of carbonyl (C=O) groups is 1. The van der Waals surface area contributed by atoms with Crippen molar-refractivity contribution in [2.75, 3.05) is 54.5 Å². The zero-order chi connectivity index (χ0) is 21.0. The summed E-state index contributed by atoms with van der Waals surface area (Å²) >= 11 is 1.40. The number of thiazole rings is 1. The highest BCUT2D eigenvalue weighted by atomic mass is 32.1. The predicted molar refractivity (Wildman–Crippen MR) is 122 cm³/mol. The van der Waals surface area contributed by atoms with E-state index in [-0.39, 0.29) is 12.1 Å². The molecule has 1 unspecified atom stereocenters. The van der Waals surface area contributed by atoms with E-state index in [1.165, 1.54) is 11.3 Å². The first-order chi connectivity index (χ1) is 15.3. The Balaban J connectivity index is 1.30. The zero-order valence-corrected chi connectivity index (χ0v) is 18.0. The molecule has 10 heteroatoms. The van der Waals surface area contributed by atoms with Crippen LogP contribution in [0, 0.1) is 0 Å². The molecule has 0 spiro atoms. The summed E-state index contributed by atoms with van der Waals surface area (Å²) in [4.78, 5) is 30.1. The van der Waals surface area contributed by atoms with Gasteiger partial charge in [-0.05, 0) is 31.0 Å². The summed E-state index contributed by atoms with van der Waals surface area (Å²) in [7, 11) is 0. The maximum atomic E-state index is 12.3. The molecule has 2 fully saturated rings. The number of urea groups is 1. The van der Waals surface area contributed by atoms with E-state index in [4.69, 9.17) is 4.74 Å². The Morgan fingerprint density at radius 3 is 2.87 bits per heavy atom. The average molecular weight is 440 g/mol. The first-order valence-electron chi connectivity index (χ1n) is 10.6. The lowest BCUT2D eigenvalue weighted by Gasteiger charge is -2.34. The molecule has 0 bridgehead atoms. The second-order valence-corrected chi connectivity index (χ2v) is 8.61. The van der Waals surface area contributed by atoms with Crippen LogP contribution in [0.4, 0.5) is 21.4 Å². The van der Waals surface area contributed by atoms with Gasteiger partial charge in [-0.15, -0.1) is 11.3 Å². The van der Waals surface area contributed by atoms with Crippen molar-refractivity contribution in [2.45, 2.75) is 18.9 Å². The van der Waals surface area contributed by atoms with Crippen molar-refractivity contribution in [2.24, 2.45) is 0 Å². The minimum absolute atomic E-state index is 0.0475. The molecular weight excluding hydrogens is 414 g/mol. The number of hydrogen-bond donors (Lipinski definition) is 2. The average Bonchev–Trinajstić information content (AvgIpc) is 3.32. The number of hydrogen-bond acceptors (Lipinski definition) is 8. The van der Waals surface area contributed by atoms with Crippen LogP contribution in [0.2, 0.25) is 0 Å². The highest BCUT2D eigenvalue weighted by Crippen LogP contribution is 2.29. The lowest BCUT2D eigenvalue weighted by molar-refractivity contribution is 0.122. The Hall–Kier alpha value is -2.98. The van der Waals surface area contributed by atoms with Gasteiger partial charge in [-0.2, -0.15) is 0 Å². The van der Waals surface area contributed by atoms with Crippen LogP contribution in [0.15, 0.2) is 36.1 Å². The lowest BCUT2D eigenvalue weighted by Crippen LogP contribution is -2.49. The van der Waals surface area contributed by atoms with Gasteiger partial charge in [-0.1, -0.05) is 0 Å². The van der Waals surface area contributed by atoms with Crippen molar-refractivity contribution in [1.82, 2.24) is 20.3 Å². The van der Waals surface area contributed by atoms with Crippen LogP contribution in [0.1, 0.15) is 12.8 Å². The molecule has 1 aromatic carbocycles. The Morgan fingerprint density at radius 1 is 1.13 bits per heavy atom. The number of aromatic nitrogens is 3. The number of nitrogens with zero attached hydrogens (tertiary/aromatic N) is 5. The molecule has 9 nitrogen and oxygen atoms in total. The maximum Gasteiger partial charge on any atom is 0.321 e. The number of rotatable bonds is 4. The number of amides is 2. The Morgan fingerprint density at radius 2 is 2.03 bits per heavy atom. The second-order valence-electron chi connectivity index (χ2n) is 7.72. The van der Waals surface area contributed by atoms with Crippen molar-refractivity contribution in [3.63, 3.8) is 0 Å². The fourth-order valence-corrected chi connectivity index (χ4v) is 4.72. The number of nitrogens with one attached hydrogen (secondary N) is 2. The molecule has 0 aliphatic carbocycles. The smallest absolute Gasteiger partial charge is 0.321 e. The maximum absolute atomic E-state index is 12.3. The number of fused-ring (bicyclic) bond motifs is 1. The van der Waals surface area contributed by atoms with Crippen molar-refractivity contribution < 1.29 is 9.53 Å². The van der Waals surface area contributed by atoms with Gasteiger partial charge in [0.1, 0.15) is 12.1 Å². The van der Waals surface area contributed by atoms with Gasteiger partial charge in [-0.25, -0.2) is 19.7 Å². The molecule has 4 heterocycles. The van der Waals surface area contributed by atoms with Crippen LogP contribution in [0.25, 0.3) is 10.9 Å². The minimum Gasteiger partial charge on any atom is -0.378 e. The molecule has 2 amide bonds. The zero-order valence-electron chi connectivity index (χ0n) is 17.2. The molecule has 3 aromatic rings. The lowest BCUT2D eigenvalue weighted by atomic mass is 10.1. The first-order valence-corrected chi connectivity index (χ1v) is 11.4. The van der Waals surface area contributed by atoms with E-state index in [0.717, 1.165) is 68.1 Å². The van der Waals surface area contributed by atoms with Crippen LogP contribution in [0.5, 0.6) is 0 Å². The van der Waals surface area contributed by atoms with Crippen LogP contribution in [-0.2, 0) is 4.74 Å². The topological polar surface area (TPSA) is 95.5 Å². The van der Waals surface area contributed by atoms with Gasteiger partial charge in [0.15, 0.2) is 5.13 Å². The van der Waals surface area contributed by atoms with Crippen molar-refractivity contribution >= 4 is 44.9 Å². The van der Waals surface area contributed by atoms with Crippen LogP contribution in [-0.4, -0.2) is 66.4 Å². The molecule has 2 aliphatic rings. The molecule has 2 N–H and O–H groups in total. The minimum atomic E-state index is -0.218. The van der Waals surface area contributed by atoms with E-state index in [2.05, 4.69) is 53.6 Å². The van der Waals surface area contributed by atoms with E-state index in [0.29, 0.717) is 11.7 Å². The predicted octanol–water partition coefficient (Wildman–Crippen LogP) is 2.71. The van der Waals surface area contributed by atoms with Crippen LogP contribution >= 0.6 is 11.3 Å². The number of benzene rings is 1. The Bertz CT molecular complexity index is 1040. The molecule has 2 saturated heterocycles. The number of carbonyl (C=O) groups excluding carboxylic acids is 1. The van der Waals surface area contributed by atoms with E-state index >= 15 is 0 Å². The fraction of sp³-hybridized carbons (Fsp3) is 0.429. The summed E-state index contributed by atoms with van der Waals surface area (Å²) < 4.78 is 5.46. The highest BCUT2D eigenvalue weighted by molar-refractivity contribution is 7.13. The van der Waals surface area contributed by atoms with Crippen molar-refractivity contribution in [3.8, 4) is 0 Å². The molecule has 0 saturated carbocycles. The summed E-state index contributed by atoms with van der Waals surface area (Å²) in [6.07, 6.45) is 5.23.